The number of β-amino-alcohol motifs (C(OH)–C–C–N with tert-alkyl or cyclic N) is 1. The molecule has 2 fully saturated rings. The molecule has 0 unspecified atom stereocenters. The molecule has 4 atom stereocenters. The number of amides is 3. The molecule has 0 radical (unpaired) electrons. The number of hydrogen-bond acceptors (Lipinski definition) is 15. The molecule has 3 aliphatic rings. The Balaban J connectivity index is 0.719. The number of likely N-dealkylation sites (tertiary alicyclic amines) is 1. The number of nitrogens with zero attached hydrogens (tertiary/aromatic N) is 8. The van der Waals surface area contributed by atoms with E-state index in [2.05, 4.69) is 49.8 Å². The summed E-state index contributed by atoms with van der Waals surface area (Å²) in [5.41, 5.74) is 8.57. The van der Waals surface area contributed by atoms with E-state index < -0.39 is 24.1 Å². The van der Waals surface area contributed by atoms with Crippen molar-refractivity contribution in [2.24, 2.45) is 10.9 Å². The van der Waals surface area contributed by atoms with E-state index in [1.54, 1.807) is 40.9 Å². The lowest BCUT2D eigenvalue weighted by atomic mass is 9.89. The van der Waals surface area contributed by atoms with Crippen molar-refractivity contribution in [3.63, 3.8) is 0 Å². The molecule has 72 heavy (non-hydrogen) atoms. The van der Waals surface area contributed by atoms with Crippen LogP contribution in [0.4, 0.5) is 0 Å². The molecular formula is C52H53ClN10O7S2. The fourth-order valence-electron chi connectivity index (χ4n) is 9.51. The van der Waals surface area contributed by atoms with Crippen molar-refractivity contribution in [3.05, 3.63) is 134 Å². The number of aliphatic imine (C=N–C) groups is 1. The Morgan fingerprint density at radius 1 is 0.944 bits per heavy atom. The number of benzene rings is 2. The number of ether oxygens (including phenoxy) is 2. The Bertz CT molecular complexity index is 3160. The van der Waals surface area contributed by atoms with Gasteiger partial charge in [-0.3, -0.25) is 23.9 Å². The number of carbonyl (C=O) groups excluding carboxylic acids is 3. The van der Waals surface area contributed by atoms with Crippen LogP contribution in [0.15, 0.2) is 88.0 Å². The van der Waals surface area contributed by atoms with Gasteiger partial charge >= 0.3 is 0 Å². The summed E-state index contributed by atoms with van der Waals surface area (Å²) in [6.07, 6.45) is 1.90. The van der Waals surface area contributed by atoms with Crippen LogP contribution in [0.25, 0.3) is 15.4 Å². The van der Waals surface area contributed by atoms with Crippen LogP contribution in [0.5, 0.6) is 17.5 Å². The van der Waals surface area contributed by atoms with Crippen LogP contribution in [-0.2, 0) is 20.9 Å². The predicted octanol–water partition coefficient (Wildman–Crippen LogP) is 8.54. The van der Waals surface area contributed by atoms with Gasteiger partial charge in [0.2, 0.25) is 23.6 Å². The average Bonchev–Trinajstić information content (AvgIpc) is 4.19. The molecule has 20 heteroatoms. The number of carbonyl (C=O) groups is 3. The number of aliphatic hydroxyl groups excluding tert-OH is 1. The topological polar surface area (TPSA) is 212 Å². The third-order valence-corrected chi connectivity index (χ3v) is 15.9. The number of hydrogen-bond donors (Lipinski definition) is 3. The summed E-state index contributed by atoms with van der Waals surface area (Å²) in [6.45, 7) is 12.1. The van der Waals surface area contributed by atoms with Gasteiger partial charge in [0.05, 0.1) is 40.5 Å². The van der Waals surface area contributed by atoms with E-state index in [1.807, 2.05) is 86.3 Å². The van der Waals surface area contributed by atoms with Crippen LogP contribution in [-0.4, -0.2) is 94.2 Å². The number of halogens is 1. The van der Waals surface area contributed by atoms with Crippen molar-refractivity contribution in [1.82, 2.24) is 45.4 Å². The lowest BCUT2D eigenvalue weighted by molar-refractivity contribution is -0.141. The quantitative estimate of drug-likeness (QED) is 0.0882. The molecule has 2 aliphatic heterocycles. The largest absolute Gasteiger partial charge is 0.474 e. The van der Waals surface area contributed by atoms with Gasteiger partial charge in [-0.05, 0) is 73.7 Å². The van der Waals surface area contributed by atoms with E-state index in [4.69, 9.17) is 30.6 Å². The highest BCUT2D eigenvalue weighted by atomic mass is 35.5. The van der Waals surface area contributed by atoms with Gasteiger partial charge < -0.3 is 34.6 Å². The van der Waals surface area contributed by atoms with Gasteiger partial charge in [0.25, 0.3) is 5.88 Å². The number of pyridine rings is 1. The van der Waals surface area contributed by atoms with Crippen LogP contribution in [0.2, 0.25) is 5.02 Å². The molecular weight excluding hydrogens is 976 g/mol. The van der Waals surface area contributed by atoms with Crippen molar-refractivity contribution in [3.8, 4) is 33.0 Å². The zero-order valence-corrected chi connectivity index (χ0v) is 42.8. The van der Waals surface area contributed by atoms with Gasteiger partial charge in [0.15, 0.2) is 11.6 Å². The van der Waals surface area contributed by atoms with Crippen molar-refractivity contribution in [2.75, 3.05) is 6.54 Å². The van der Waals surface area contributed by atoms with Gasteiger partial charge in [0, 0.05) is 71.6 Å². The zero-order chi connectivity index (χ0) is 50.4. The molecule has 1 saturated heterocycles. The molecule has 0 bridgehead atoms. The molecule has 2 aromatic carbocycles. The number of thiophene rings is 1. The van der Waals surface area contributed by atoms with Crippen LogP contribution in [0.3, 0.4) is 0 Å². The summed E-state index contributed by atoms with van der Waals surface area (Å²) in [6, 6.07) is 18.9. The van der Waals surface area contributed by atoms with E-state index in [9.17, 15) is 19.5 Å². The van der Waals surface area contributed by atoms with Gasteiger partial charge in [0.1, 0.15) is 40.7 Å². The monoisotopic (exact) mass is 1030 g/mol. The van der Waals surface area contributed by atoms with E-state index in [0.29, 0.717) is 35.3 Å². The van der Waals surface area contributed by atoms with Crippen molar-refractivity contribution in [1.29, 1.82) is 0 Å². The third-order valence-electron chi connectivity index (χ3n) is 13.5. The second kappa shape index (κ2) is 20.4. The maximum atomic E-state index is 14.2. The first-order valence-corrected chi connectivity index (χ1v) is 25.9. The third kappa shape index (κ3) is 10.0. The molecule has 7 aromatic rings. The molecule has 3 amide bonds. The smallest absolute Gasteiger partial charge is 0.259 e. The molecule has 372 valence electrons. The molecule has 1 aliphatic carbocycles. The molecule has 7 heterocycles. The molecule has 10 rings (SSSR count). The lowest BCUT2D eigenvalue weighted by Gasteiger charge is -2.35. The highest BCUT2D eigenvalue weighted by Crippen LogP contribution is 2.40. The Morgan fingerprint density at radius 2 is 1.71 bits per heavy atom. The number of rotatable bonds is 15. The maximum absolute atomic E-state index is 14.2. The van der Waals surface area contributed by atoms with E-state index >= 15 is 0 Å². The van der Waals surface area contributed by atoms with Crippen molar-refractivity contribution < 1.29 is 33.5 Å². The predicted molar refractivity (Wildman–Crippen MR) is 272 cm³/mol. The minimum Gasteiger partial charge on any atom is -0.474 e. The number of aromatic nitrogens is 6. The Morgan fingerprint density at radius 3 is 2.42 bits per heavy atom. The highest BCUT2D eigenvalue weighted by Gasteiger charge is 2.43. The number of aryl methyl sites for hydroxylation is 3. The van der Waals surface area contributed by atoms with Gasteiger partial charge in [-0.15, -0.1) is 32.9 Å². The standard InChI is InChI=1S/C52H53ClN10O7S2/c1-26(2)45(51(67)62-24-36(64)19-40(62)50(66)55-22-31-7-9-33(10-8-31)48-28(4)56-25-71-48)41-21-44(61-70-41)68-37-15-16-43(54-23-37)69-38-17-35(18-38)57-42(65)20-39-49-60-59-30(6)63(49)52-46(27(3)29(5)72-52)47(58-39)32-11-13-34(53)14-12-32/h7-16,21,23,25-26,35-36,38-40,45,64H,17-20,22,24H2,1-6H3,(H,55,66)(H,57,65)/t35-,36-,38+,39+,40+,45+/m1/s1. The number of nitrogens with one attached hydrogen (secondary N) is 2. The minimum absolute atomic E-state index is 0.0158. The highest BCUT2D eigenvalue weighted by molar-refractivity contribution is 7.15. The number of thiazole rings is 1. The number of aliphatic hydroxyl groups is 1. The summed E-state index contributed by atoms with van der Waals surface area (Å²) < 4.78 is 19.8. The van der Waals surface area contributed by atoms with E-state index in [1.165, 1.54) is 16.0 Å². The molecule has 0 spiro atoms. The van der Waals surface area contributed by atoms with Crippen molar-refractivity contribution in [2.45, 2.75) is 110 Å². The normalized spacial score (nSPS) is 19.7. The van der Waals surface area contributed by atoms with Crippen LogP contribution in [0.1, 0.15) is 102 Å². The minimum atomic E-state index is -0.857. The Kier molecular flexibility index (Phi) is 13.8. The van der Waals surface area contributed by atoms with Gasteiger partial charge in [-0.2, -0.15) is 0 Å². The second-order valence-corrected chi connectivity index (χ2v) is 21.4. The first kappa shape index (κ1) is 48.8. The van der Waals surface area contributed by atoms with Crippen LogP contribution >= 0.6 is 34.3 Å². The molecule has 5 aromatic heterocycles. The first-order valence-electron chi connectivity index (χ1n) is 23.9. The maximum Gasteiger partial charge on any atom is 0.259 e. The summed E-state index contributed by atoms with van der Waals surface area (Å²) in [5, 5.41) is 31.4. The van der Waals surface area contributed by atoms with Crippen LogP contribution < -0.4 is 20.1 Å². The SMILES string of the molecule is Cc1ncsc1-c1ccc(CNC(=O)[C@@H]2C[C@@H](O)CN2C(=O)[C@H](c2cc(Oc3ccc(O[C@H]4C[C@@H](NC(=O)C[C@@H]5N=C(c6ccc(Cl)cc6)c6c(sc(C)c6C)-n6c(C)nnc65)C4)nc3)no2)C(C)C)cc1. The van der Waals surface area contributed by atoms with Gasteiger partial charge in [-0.1, -0.05) is 61.8 Å². The first-order chi connectivity index (χ1) is 34.7. The Hall–Kier alpha value is -6.80. The summed E-state index contributed by atoms with van der Waals surface area (Å²) in [4.78, 5) is 59.1. The average molecular weight is 1030 g/mol. The second-order valence-electron chi connectivity index (χ2n) is 18.9. The van der Waals surface area contributed by atoms with Crippen molar-refractivity contribution >= 4 is 57.7 Å². The fraction of sp³-hybridized carbons (Fsp3) is 0.365. The van der Waals surface area contributed by atoms with E-state index in [0.717, 1.165) is 54.9 Å². The zero-order valence-electron chi connectivity index (χ0n) is 40.5. The summed E-state index contributed by atoms with van der Waals surface area (Å²) in [5.74, 6) is 0.622. The van der Waals surface area contributed by atoms with E-state index in [-0.39, 0.29) is 73.4 Å². The molecule has 1 saturated carbocycles. The summed E-state index contributed by atoms with van der Waals surface area (Å²) in [7, 11) is 0. The van der Waals surface area contributed by atoms with Gasteiger partial charge in [-0.25, -0.2) is 9.97 Å². The Labute approximate surface area is 428 Å². The lowest BCUT2D eigenvalue weighted by Crippen LogP contribution is -2.49. The summed E-state index contributed by atoms with van der Waals surface area (Å²) >= 11 is 9.51. The van der Waals surface area contributed by atoms with Crippen LogP contribution in [0, 0.1) is 33.6 Å². The molecule has 17 nitrogen and oxygen atoms in total. The fourth-order valence-corrected chi connectivity index (χ4v) is 11.7. The number of fused-ring (bicyclic) bond motifs is 3. The molecule has 3 N–H and O–H groups in total.